The molecule has 0 spiro atoms. The number of ether oxygens (including phenoxy) is 1. The third kappa shape index (κ3) is 4.91. The largest absolute Gasteiger partial charge is 0.496 e. The van der Waals surface area contributed by atoms with Gasteiger partial charge < -0.3 is 4.74 Å². The molecular weight excluding hydrogens is 240 g/mol. The number of hydrazine groups is 1. The van der Waals surface area contributed by atoms with Gasteiger partial charge in [-0.2, -0.15) is 0 Å². The van der Waals surface area contributed by atoms with Crippen LogP contribution in [0.1, 0.15) is 36.0 Å². The molecule has 1 aromatic carbocycles. The third-order valence-electron chi connectivity index (χ3n) is 3.14. The Morgan fingerprint density at radius 1 is 1.26 bits per heavy atom. The minimum atomic E-state index is 0.0371. The summed E-state index contributed by atoms with van der Waals surface area (Å²) in [5.41, 5.74) is 8.94. The summed E-state index contributed by atoms with van der Waals surface area (Å²) in [6, 6.07) is 4.24. The molecule has 0 heterocycles. The summed E-state index contributed by atoms with van der Waals surface area (Å²) in [7, 11) is 3.40. The van der Waals surface area contributed by atoms with Gasteiger partial charge in [-0.3, -0.25) is 10.2 Å². The molecule has 1 aromatic rings. The highest BCUT2D eigenvalue weighted by Crippen LogP contribution is 2.25. The van der Waals surface area contributed by atoms with Gasteiger partial charge >= 0.3 is 0 Å². The number of aryl methyl sites for hydroxylation is 2. The van der Waals surface area contributed by atoms with E-state index in [0.29, 0.717) is 6.42 Å². The van der Waals surface area contributed by atoms with Crippen molar-refractivity contribution in [3.05, 3.63) is 28.8 Å². The maximum Gasteiger partial charge on any atom is 0.234 e. The molecule has 0 atom stereocenters. The van der Waals surface area contributed by atoms with Gasteiger partial charge in [-0.25, -0.2) is 5.43 Å². The highest BCUT2D eigenvalue weighted by atomic mass is 16.5. The zero-order valence-corrected chi connectivity index (χ0v) is 12.3. The lowest BCUT2D eigenvalue weighted by molar-refractivity contribution is -0.122. The van der Waals surface area contributed by atoms with E-state index in [9.17, 15) is 4.79 Å². The van der Waals surface area contributed by atoms with Crippen molar-refractivity contribution in [2.45, 2.75) is 39.5 Å². The predicted octanol–water partition coefficient (Wildman–Crippen LogP) is 2.28. The molecule has 0 saturated heterocycles. The second-order valence-electron chi connectivity index (χ2n) is 4.77. The first-order valence-corrected chi connectivity index (χ1v) is 6.68. The highest BCUT2D eigenvalue weighted by Gasteiger charge is 2.08. The normalized spacial score (nSPS) is 10.3. The summed E-state index contributed by atoms with van der Waals surface area (Å²) in [4.78, 5) is 11.3. The molecule has 0 aliphatic heterocycles. The van der Waals surface area contributed by atoms with Crippen LogP contribution in [0.15, 0.2) is 12.1 Å². The Kier molecular flexibility index (Phi) is 6.36. The Morgan fingerprint density at radius 2 is 2.00 bits per heavy atom. The van der Waals surface area contributed by atoms with Crippen LogP contribution in [0, 0.1) is 13.8 Å². The minimum absolute atomic E-state index is 0.0371. The van der Waals surface area contributed by atoms with Crippen LogP contribution in [0.5, 0.6) is 5.75 Å². The van der Waals surface area contributed by atoms with Crippen molar-refractivity contribution < 1.29 is 9.53 Å². The van der Waals surface area contributed by atoms with Gasteiger partial charge in [0.2, 0.25) is 5.91 Å². The van der Waals surface area contributed by atoms with Crippen LogP contribution in [-0.2, 0) is 11.2 Å². The van der Waals surface area contributed by atoms with E-state index in [0.717, 1.165) is 25.0 Å². The lowest BCUT2D eigenvalue weighted by atomic mass is 9.99. The monoisotopic (exact) mass is 264 g/mol. The van der Waals surface area contributed by atoms with E-state index in [-0.39, 0.29) is 5.91 Å². The first kappa shape index (κ1) is 15.5. The number of carbonyl (C=O) groups is 1. The zero-order valence-electron chi connectivity index (χ0n) is 12.3. The Balaban J connectivity index is 2.51. The first-order valence-electron chi connectivity index (χ1n) is 6.68. The second-order valence-corrected chi connectivity index (χ2v) is 4.77. The average Bonchev–Trinajstić information content (AvgIpc) is 2.36. The van der Waals surface area contributed by atoms with Crippen LogP contribution in [0.25, 0.3) is 0 Å². The number of unbranched alkanes of at least 4 members (excludes halogenated alkanes) is 1. The molecule has 4 heteroatoms. The Labute approximate surface area is 115 Å². The molecule has 0 aromatic heterocycles. The summed E-state index contributed by atoms with van der Waals surface area (Å²) in [6.45, 7) is 4.18. The number of methoxy groups -OCH3 is 1. The van der Waals surface area contributed by atoms with Gasteiger partial charge in [-0.15, -0.1) is 0 Å². The third-order valence-corrected chi connectivity index (χ3v) is 3.14. The van der Waals surface area contributed by atoms with Crippen LogP contribution in [0.3, 0.4) is 0 Å². The molecule has 0 unspecified atom stereocenters. The summed E-state index contributed by atoms with van der Waals surface area (Å²) >= 11 is 0. The molecule has 0 aliphatic rings. The van der Waals surface area contributed by atoms with Crippen molar-refractivity contribution in [3.8, 4) is 5.75 Å². The lowest BCUT2D eigenvalue weighted by Crippen LogP contribution is -2.33. The van der Waals surface area contributed by atoms with Gasteiger partial charge in [-0.1, -0.05) is 6.07 Å². The Morgan fingerprint density at radius 3 is 2.63 bits per heavy atom. The topological polar surface area (TPSA) is 50.4 Å². The maximum absolute atomic E-state index is 11.3. The standard InChI is InChI=1S/C15H24N2O2/c1-11-9-12(2)13(14(10-11)19-4)7-5-6-8-15(18)17-16-3/h9-10,16H,5-8H2,1-4H3,(H,17,18). The second kappa shape index (κ2) is 7.79. The molecular formula is C15H24N2O2. The number of carbonyl (C=O) groups excluding carboxylic acids is 1. The molecule has 2 N–H and O–H groups in total. The molecule has 0 saturated carbocycles. The van der Waals surface area contributed by atoms with Crippen molar-refractivity contribution in [3.63, 3.8) is 0 Å². The van der Waals surface area contributed by atoms with Crippen molar-refractivity contribution in [1.29, 1.82) is 0 Å². The van der Waals surface area contributed by atoms with Gasteiger partial charge in [0.25, 0.3) is 0 Å². The van der Waals surface area contributed by atoms with Crippen LogP contribution < -0.4 is 15.6 Å². The zero-order chi connectivity index (χ0) is 14.3. The molecule has 1 amide bonds. The molecule has 19 heavy (non-hydrogen) atoms. The maximum atomic E-state index is 11.3. The molecule has 1 rings (SSSR count). The fourth-order valence-corrected chi connectivity index (χ4v) is 2.25. The number of rotatable bonds is 7. The molecule has 106 valence electrons. The van der Waals surface area contributed by atoms with Gasteiger partial charge in [0, 0.05) is 13.5 Å². The van der Waals surface area contributed by atoms with Crippen molar-refractivity contribution >= 4 is 5.91 Å². The molecule has 0 aliphatic carbocycles. The van der Waals surface area contributed by atoms with Crippen LogP contribution in [0.4, 0.5) is 0 Å². The summed E-state index contributed by atoms with van der Waals surface area (Å²) in [5, 5.41) is 0. The van der Waals surface area contributed by atoms with E-state index in [1.807, 2.05) is 0 Å². The molecule has 0 bridgehead atoms. The minimum Gasteiger partial charge on any atom is -0.496 e. The summed E-state index contributed by atoms with van der Waals surface area (Å²) < 4.78 is 5.43. The van der Waals surface area contributed by atoms with Gasteiger partial charge in [0.1, 0.15) is 5.75 Å². The van der Waals surface area contributed by atoms with E-state index < -0.39 is 0 Å². The fraction of sp³-hybridized carbons (Fsp3) is 0.533. The molecule has 4 nitrogen and oxygen atoms in total. The SMILES string of the molecule is CNNC(=O)CCCCc1c(C)cc(C)cc1OC. The quantitative estimate of drug-likeness (QED) is 0.587. The predicted molar refractivity (Wildman–Crippen MR) is 77.2 cm³/mol. The number of benzene rings is 1. The van der Waals surface area contributed by atoms with E-state index in [2.05, 4.69) is 36.8 Å². The van der Waals surface area contributed by atoms with Crippen molar-refractivity contribution in [1.82, 2.24) is 10.9 Å². The fourth-order valence-electron chi connectivity index (χ4n) is 2.25. The van der Waals surface area contributed by atoms with E-state index in [1.165, 1.54) is 16.7 Å². The van der Waals surface area contributed by atoms with E-state index in [1.54, 1.807) is 14.2 Å². The molecule has 0 fully saturated rings. The summed E-state index contributed by atoms with van der Waals surface area (Å²) in [6.07, 6.45) is 3.36. The Hall–Kier alpha value is -1.55. The van der Waals surface area contributed by atoms with E-state index in [4.69, 9.17) is 4.74 Å². The number of hydrogen-bond acceptors (Lipinski definition) is 3. The Bertz CT molecular complexity index is 430. The molecule has 0 radical (unpaired) electrons. The van der Waals surface area contributed by atoms with E-state index >= 15 is 0 Å². The first-order chi connectivity index (χ1) is 9.08. The van der Waals surface area contributed by atoms with Gasteiger partial charge in [-0.05, 0) is 55.9 Å². The number of nitrogens with one attached hydrogen (secondary N) is 2. The smallest absolute Gasteiger partial charge is 0.234 e. The van der Waals surface area contributed by atoms with Gasteiger partial charge in [0.05, 0.1) is 7.11 Å². The van der Waals surface area contributed by atoms with Gasteiger partial charge in [0.15, 0.2) is 0 Å². The average molecular weight is 264 g/mol. The number of hydrogen-bond donors (Lipinski definition) is 2. The van der Waals surface area contributed by atoms with Crippen LogP contribution in [0.2, 0.25) is 0 Å². The highest BCUT2D eigenvalue weighted by molar-refractivity contribution is 5.75. The van der Waals surface area contributed by atoms with Crippen LogP contribution in [-0.4, -0.2) is 20.1 Å². The number of amides is 1. The lowest BCUT2D eigenvalue weighted by Gasteiger charge is -2.13. The van der Waals surface area contributed by atoms with Crippen molar-refractivity contribution in [2.75, 3.05) is 14.2 Å². The van der Waals surface area contributed by atoms with Crippen molar-refractivity contribution in [2.24, 2.45) is 0 Å². The van der Waals surface area contributed by atoms with Crippen LogP contribution >= 0.6 is 0 Å². The summed E-state index contributed by atoms with van der Waals surface area (Å²) in [5.74, 6) is 0.993.